The van der Waals surface area contributed by atoms with Crippen LogP contribution in [0.1, 0.15) is 51.4 Å². The molecule has 0 bridgehead atoms. The maximum absolute atomic E-state index is 9.86. The van der Waals surface area contributed by atoms with Crippen molar-refractivity contribution in [1.82, 2.24) is 5.23 Å². The van der Waals surface area contributed by atoms with Gasteiger partial charge in [-0.25, -0.2) is 0 Å². The minimum absolute atomic E-state index is 0.386. The highest BCUT2D eigenvalue weighted by molar-refractivity contribution is 6.45. The number of ether oxygens (including phenoxy) is 1. The molecule has 0 saturated carbocycles. The van der Waals surface area contributed by atoms with E-state index < -0.39 is 0 Å². The van der Waals surface area contributed by atoms with Crippen LogP contribution in [0.4, 0.5) is 0 Å². The Bertz CT molecular complexity index is 168. The summed E-state index contributed by atoms with van der Waals surface area (Å²) in [5.41, 5.74) is 0. The Balaban J connectivity index is 2.91. The van der Waals surface area contributed by atoms with Crippen molar-refractivity contribution in [2.45, 2.75) is 58.2 Å². The molecule has 0 aliphatic carbocycles. The van der Waals surface area contributed by atoms with E-state index in [1.807, 2.05) is 0 Å². The normalized spacial score (nSPS) is 10.2. The molecule has 0 radical (unpaired) electrons. The van der Waals surface area contributed by atoms with E-state index in [0.717, 1.165) is 25.8 Å². The molecule has 0 rings (SSSR count). The van der Waals surface area contributed by atoms with Crippen LogP contribution in [0.5, 0.6) is 0 Å². The fourth-order valence-electron chi connectivity index (χ4n) is 1.73. The van der Waals surface area contributed by atoms with Crippen LogP contribution in [0.15, 0.2) is 0 Å². The van der Waals surface area contributed by atoms with Crippen molar-refractivity contribution < 1.29 is 14.6 Å². The van der Waals surface area contributed by atoms with Gasteiger partial charge in [-0.2, -0.15) is 0 Å². The zero-order chi connectivity index (χ0) is 12.8. The molecule has 0 aliphatic heterocycles. The van der Waals surface area contributed by atoms with Crippen LogP contribution in [0.3, 0.4) is 0 Å². The van der Waals surface area contributed by atoms with E-state index >= 15 is 0 Å². The second-order valence-corrected chi connectivity index (χ2v) is 4.43. The van der Waals surface area contributed by atoms with Crippen molar-refractivity contribution in [3.8, 4) is 0 Å². The quantitative estimate of drug-likeness (QED) is 0.295. The van der Waals surface area contributed by atoms with E-state index in [4.69, 9.17) is 5.02 Å². The van der Waals surface area contributed by atoms with Crippen molar-refractivity contribution in [3.63, 3.8) is 0 Å². The molecule has 4 nitrogen and oxygen atoms in total. The highest BCUT2D eigenvalue weighted by atomic mass is 16.5. The molecule has 100 valence electrons. The molecule has 0 aromatic carbocycles. The van der Waals surface area contributed by atoms with Gasteiger partial charge >= 0.3 is 7.05 Å². The van der Waals surface area contributed by atoms with Gasteiger partial charge in [-0.1, -0.05) is 38.5 Å². The molecule has 2 N–H and O–H groups in total. The summed E-state index contributed by atoms with van der Waals surface area (Å²) in [5.74, 6) is 0. The molecule has 0 amide bonds. The maximum Gasteiger partial charge on any atom is 0.373 e. The Morgan fingerprint density at radius 3 is 2.12 bits per heavy atom. The number of rotatable bonds is 13. The third-order valence-electron chi connectivity index (χ3n) is 2.70. The first-order valence-electron chi connectivity index (χ1n) is 6.74. The molecule has 0 fully saturated rings. The van der Waals surface area contributed by atoms with Crippen LogP contribution >= 0.6 is 0 Å². The summed E-state index contributed by atoms with van der Waals surface area (Å²) in [6.07, 6.45) is 9.55. The highest BCUT2D eigenvalue weighted by Crippen LogP contribution is 2.08. The van der Waals surface area contributed by atoms with Gasteiger partial charge in [0.05, 0.1) is 6.61 Å². The van der Waals surface area contributed by atoms with Gasteiger partial charge in [0.15, 0.2) is 0 Å². The van der Waals surface area contributed by atoms with E-state index in [2.05, 4.69) is 9.96 Å². The Morgan fingerprint density at radius 2 is 1.59 bits per heavy atom. The molecular formula is C12H26BNO3. The van der Waals surface area contributed by atoms with Crippen LogP contribution in [-0.2, 0) is 9.53 Å². The smallest absolute Gasteiger partial charge is 0.373 e. The topological polar surface area (TPSA) is 58.6 Å². The lowest BCUT2D eigenvalue weighted by atomic mass is 9.89. The summed E-state index contributed by atoms with van der Waals surface area (Å²) >= 11 is 0. The lowest BCUT2D eigenvalue weighted by Crippen LogP contribution is -2.31. The van der Waals surface area contributed by atoms with E-state index in [-0.39, 0.29) is 7.05 Å². The highest BCUT2D eigenvalue weighted by Gasteiger charge is 1.99. The molecule has 5 heteroatoms. The fraction of sp³-hybridized carbons (Fsp3) is 0.917. The number of hydrogen-bond donors (Lipinski definition) is 2. The zero-order valence-corrected chi connectivity index (χ0v) is 11.0. The van der Waals surface area contributed by atoms with Crippen molar-refractivity contribution in [3.05, 3.63) is 0 Å². The summed E-state index contributed by atoms with van der Waals surface area (Å²) in [5, 5.41) is 12.0. The van der Waals surface area contributed by atoms with Crippen LogP contribution in [-0.4, -0.2) is 31.7 Å². The molecule has 0 aromatic rings. The zero-order valence-electron chi connectivity index (χ0n) is 11.0. The Kier molecular flexibility index (Phi) is 13.1. The summed E-state index contributed by atoms with van der Waals surface area (Å²) in [7, 11) is -0.386. The molecule has 0 heterocycles. The first-order chi connectivity index (χ1) is 8.27. The van der Waals surface area contributed by atoms with Crippen molar-refractivity contribution in [2.24, 2.45) is 0 Å². The second kappa shape index (κ2) is 13.5. The van der Waals surface area contributed by atoms with Crippen molar-refractivity contribution >= 4 is 13.5 Å². The average molecular weight is 243 g/mol. The molecular weight excluding hydrogens is 217 g/mol. The minimum Gasteiger partial charge on any atom is -0.468 e. The molecule has 17 heavy (non-hydrogen) atoms. The minimum atomic E-state index is -0.386. The molecule has 0 aromatic heterocycles. The van der Waals surface area contributed by atoms with Crippen LogP contribution in [0.2, 0.25) is 6.82 Å². The number of hydrogen-bond acceptors (Lipinski definition) is 4. The molecule has 0 aliphatic rings. The van der Waals surface area contributed by atoms with Crippen LogP contribution < -0.4 is 5.23 Å². The van der Waals surface area contributed by atoms with Gasteiger partial charge in [0, 0.05) is 0 Å². The number of unbranched alkanes of at least 4 members (excludes halogenated alkanes) is 7. The van der Waals surface area contributed by atoms with Gasteiger partial charge in [-0.15, -0.1) is 0 Å². The van der Waals surface area contributed by atoms with Gasteiger partial charge in [0.1, 0.15) is 0 Å². The summed E-state index contributed by atoms with van der Waals surface area (Å²) in [6, 6.07) is 0. The molecule has 0 unspecified atom stereocenters. The van der Waals surface area contributed by atoms with Gasteiger partial charge in [0.25, 0.3) is 6.47 Å². The predicted molar refractivity (Wildman–Crippen MR) is 70.8 cm³/mol. The fourth-order valence-corrected chi connectivity index (χ4v) is 1.73. The Morgan fingerprint density at radius 1 is 1.06 bits per heavy atom. The Hall–Kier alpha value is -0.545. The summed E-state index contributed by atoms with van der Waals surface area (Å²) < 4.78 is 4.62. The lowest BCUT2D eigenvalue weighted by molar-refractivity contribution is -0.128. The SMILES string of the molecule is CB(O)NCCCCCCCCCCOC=O. The first-order valence-corrected chi connectivity index (χ1v) is 6.74. The average Bonchev–Trinajstić information content (AvgIpc) is 2.30. The third kappa shape index (κ3) is 15.5. The predicted octanol–water partition coefficient (Wildman–Crippen LogP) is 1.98. The lowest BCUT2D eigenvalue weighted by Gasteiger charge is -2.04. The molecule has 0 atom stereocenters. The second-order valence-electron chi connectivity index (χ2n) is 4.43. The van der Waals surface area contributed by atoms with E-state index in [9.17, 15) is 4.79 Å². The molecule has 0 saturated heterocycles. The Labute approximate surface area is 105 Å². The van der Waals surface area contributed by atoms with E-state index in [0.29, 0.717) is 13.1 Å². The summed E-state index contributed by atoms with van der Waals surface area (Å²) in [4.78, 5) is 9.86. The number of carbonyl (C=O) groups is 1. The van der Waals surface area contributed by atoms with Gasteiger partial charge in [0.2, 0.25) is 0 Å². The molecule has 0 spiro atoms. The summed E-state index contributed by atoms with van der Waals surface area (Å²) in [6.45, 7) is 3.73. The van der Waals surface area contributed by atoms with Crippen LogP contribution in [0.25, 0.3) is 0 Å². The van der Waals surface area contributed by atoms with Gasteiger partial charge in [-0.3, -0.25) is 4.79 Å². The first kappa shape index (κ1) is 16.5. The van der Waals surface area contributed by atoms with Crippen LogP contribution in [0, 0.1) is 0 Å². The van der Waals surface area contributed by atoms with Crippen molar-refractivity contribution in [1.29, 1.82) is 0 Å². The van der Waals surface area contributed by atoms with E-state index in [1.54, 1.807) is 6.82 Å². The number of carbonyl (C=O) groups excluding carboxylic acids is 1. The standard InChI is InChI=1S/C12H26BNO3/c1-13(16)14-10-8-6-4-2-3-5-7-9-11-17-12-15/h12,14,16H,2-11H2,1H3. The van der Waals surface area contributed by atoms with Gasteiger partial charge < -0.3 is 15.0 Å². The number of nitrogens with one attached hydrogen (secondary N) is 1. The van der Waals surface area contributed by atoms with Gasteiger partial charge in [-0.05, 0) is 26.2 Å². The monoisotopic (exact) mass is 243 g/mol. The third-order valence-corrected chi connectivity index (χ3v) is 2.70. The maximum atomic E-state index is 9.86. The largest absolute Gasteiger partial charge is 0.468 e. The van der Waals surface area contributed by atoms with Crippen molar-refractivity contribution in [2.75, 3.05) is 13.2 Å². The van der Waals surface area contributed by atoms with E-state index in [1.165, 1.54) is 32.1 Å².